The van der Waals surface area contributed by atoms with Crippen LogP contribution in [0.15, 0.2) is 33.8 Å². The van der Waals surface area contributed by atoms with E-state index in [2.05, 4.69) is 27.3 Å². The van der Waals surface area contributed by atoms with Gasteiger partial charge in [0.15, 0.2) is 5.96 Å². The molecule has 1 aromatic heterocycles. The van der Waals surface area contributed by atoms with Crippen molar-refractivity contribution < 1.29 is 14.0 Å². The smallest absolute Gasteiger partial charge is 0.248 e. The zero-order valence-electron chi connectivity index (χ0n) is 18.3. The summed E-state index contributed by atoms with van der Waals surface area (Å²) in [5, 5.41) is 8.06. The molecule has 0 aliphatic carbocycles. The fraction of sp³-hybridized carbons (Fsp3) is 0.591. The average molecular weight is 576 g/mol. The minimum atomic E-state index is 0. The van der Waals surface area contributed by atoms with Gasteiger partial charge in [-0.15, -0.1) is 24.0 Å². The van der Waals surface area contributed by atoms with E-state index in [1.807, 2.05) is 24.3 Å². The fourth-order valence-electron chi connectivity index (χ4n) is 3.89. The van der Waals surface area contributed by atoms with Crippen molar-refractivity contribution in [3.05, 3.63) is 35.2 Å². The van der Waals surface area contributed by atoms with E-state index in [1.165, 1.54) is 0 Å². The molecule has 10 heteroatoms. The summed E-state index contributed by atoms with van der Waals surface area (Å²) in [5.41, 5.74) is 0.823. The van der Waals surface area contributed by atoms with E-state index in [-0.39, 0.29) is 30.1 Å². The Labute approximate surface area is 211 Å². The molecule has 0 spiro atoms. The number of benzene rings is 1. The lowest BCUT2D eigenvalue weighted by Gasteiger charge is -2.34. The largest absolute Gasteiger partial charge is 0.376 e. The fourth-order valence-corrected chi connectivity index (χ4v) is 4.08. The number of nitrogens with one attached hydrogen (secondary N) is 1. The summed E-state index contributed by atoms with van der Waals surface area (Å²) in [4.78, 5) is 11.4. The molecule has 2 aliphatic rings. The van der Waals surface area contributed by atoms with Gasteiger partial charge in [-0.05, 0) is 44.7 Å². The highest BCUT2D eigenvalue weighted by Gasteiger charge is 2.24. The minimum Gasteiger partial charge on any atom is -0.376 e. The van der Waals surface area contributed by atoms with Crippen LogP contribution in [0.5, 0.6) is 0 Å². The van der Waals surface area contributed by atoms with Gasteiger partial charge in [0, 0.05) is 36.8 Å². The molecule has 32 heavy (non-hydrogen) atoms. The van der Waals surface area contributed by atoms with Crippen LogP contribution in [0.4, 0.5) is 0 Å². The molecular formula is C22H31ClIN5O3. The number of likely N-dealkylation sites (tertiary alicyclic amines) is 1. The molecule has 4 rings (SSSR count). The molecular weight excluding hydrogens is 545 g/mol. The molecule has 0 amide bonds. The monoisotopic (exact) mass is 575 g/mol. The number of nitrogens with zero attached hydrogens (tertiary/aromatic N) is 4. The van der Waals surface area contributed by atoms with Gasteiger partial charge in [-0.2, -0.15) is 4.98 Å². The third-order valence-corrected chi connectivity index (χ3v) is 5.77. The maximum Gasteiger partial charge on any atom is 0.248 e. The van der Waals surface area contributed by atoms with Gasteiger partial charge in [0.1, 0.15) is 6.54 Å². The van der Waals surface area contributed by atoms with Crippen LogP contribution < -0.4 is 5.32 Å². The van der Waals surface area contributed by atoms with E-state index in [9.17, 15) is 0 Å². The molecule has 1 N–H and O–H groups in total. The van der Waals surface area contributed by atoms with Gasteiger partial charge in [0.05, 0.1) is 18.8 Å². The number of aliphatic imine (C=N–C) groups is 1. The molecule has 1 unspecified atom stereocenters. The van der Waals surface area contributed by atoms with Gasteiger partial charge < -0.3 is 24.2 Å². The molecule has 176 valence electrons. The Bertz CT molecular complexity index is 867. The number of halogens is 2. The van der Waals surface area contributed by atoms with Crippen LogP contribution in [0.2, 0.25) is 5.02 Å². The van der Waals surface area contributed by atoms with Crippen molar-refractivity contribution in [2.24, 2.45) is 4.99 Å². The van der Waals surface area contributed by atoms with E-state index >= 15 is 0 Å². The van der Waals surface area contributed by atoms with Crippen molar-refractivity contribution in [1.29, 1.82) is 0 Å². The summed E-state index contributed by atoms with van der Waals surface area (Å²) in [6, 6.07) is 7.40. The molecule has 2 aliphatic heterocycles. The summed E-state index contributed by atoms with van der Waals surface area (Å²) in [7, 11) is 0. The van der Waals surface area contributed by atoms with Crippen LogP contribution in [-0.2, 0) is 16.0 Å². The van der Waals surface area contributed by atoms with Gasteiger partial charge in [-0.25, -0.2) is 4.99 Å². The SMILES string of the molecule is CCNC(=NCc1nc(-c2cccc(Cl)c2)no1)N1CCC(OCC2CCCO2)CC1.I. The van der Waals surface area contributed by atoms with Gasteiger partial charge >= 0.3 is 0 Å². The van der Waals surface area contributed by atoms with E-state index in [1.54, 1.807) is 0 Å². The van der Waals surface area contributed by atoms with Crippen LogP contribution >= 0.6 is 35.6 Å². The molecule has 8 nitrogen and oxygen atoms in total. The third kappa shape index (κ3) is 7.03. The molecule has 3 heterocycles. The summed E-state index contributed by atoms with van der Waals surface area (Å²) < 4.78 is 17.1. The number of hydrogen-bond acceptors (Lipinski definition) is 6. The predicted molar refractivity (Wildman–Crippen MR) is 134 cm³/mol. The topological polar surface area (TPSA) is 85.0 Å². The van der Waals surface area contributed by atoms with Crippen LogP contribution in [0, 0.1) is 0 Å². The average Bonchev–Trinajstić information content (AvgIpc) is 3.48. The van der Waals surface area contributed by atoms with E-state index in [0.29, 0.717) is 36.0 Å². The van der Waals surface area contributed by atoms with E-state index in [4.69, 9.17) is 30.6 Å². The van der Waals surface area contributed by atoms with E-state index in [0.717, 1.165) is 63.4 Å². The standard InChI is InChI=1S/C22H30ClN5O3.HI/c1-2-24-22(28-10-8-18(9-11-28)30-15-19-7-4-12-29-19)25-14-20-26-21(27-31-20)16-5-3-6-17(23)13-16;/h3,5-6,13,18-19H,2,4,7-12,14-15H2,1H3,(H,24,25);1H. The lowest BCUT2D eigenvalue weighted by atomic mass is 10.1. The van der Waals surface area contributed by atoms with Crippen molar-refractivity contribution >= 4 is 41.5 Å². The highest BCUT2D eigenvalue weighted by atomic mass is 127. The number of aromatic nitrogens is 2. The number of piperidine rings is 1. The van der Waals surface area contributed by atoms with Crippen molar-refractivity contribution in [2.75, 3.05) is 32.8 Å². The Morgan fingerprint density at radius 2 is 2.16 bits per heavy atom. The molecule has 2 aromatic rings. The van der Waals surface area contributed by atoms with Crippen LogP contribution in [0.25, 0.3) is 11.4 Å². The van der Waals surface area contributed by atoms with Gasteiger partial charge in [0.25, 0.3) is 0 Å². The van der Waals surface area contributed by atoms with E-state index < -0.39 is 0 Å². The third-order valence-electron chi connectivity index (χ3n) is 5.53. The molecule has 2 fully saturated rings. The quantitative estimate of drug-likeness (QED) is 0.302. The lowest BCUT2D eigenvalue weighted by Crippen LogP contribution is -2.47. The first-order valence-electron chi connectivity index (χ1n) is 11.1. The lowest BCUT2D eigenvalue weighted by molar-refractivity contribution is -0.0367. The Kier molecular flexibility index (Phi) is 10.0. The van der Waals surface area contributed by atoms with Crippen LogP contribution in [0.3, 0.4) is 0 Å². The predicted octanol–water partition coefficient (Wildman–Crippen LogP) is 4.13. The zero-order chi connectivity index (χ0) is 21.5. The molecule has 1 aromatic carbocycles. The van der Waals surface area contributed by atoms with Crippen molar-refractivity contribution in [3.63, 3.8) is 0 Å². The van der Waals surface area contributed by atoms with Gasteiger partial charge in [-0.3, -0.25) is 0 Å². The first-order valence-corrected chi connectivity index (χ1v) is 11.4. The Morgan fingerprint density at radius 1 is 1.31 bits per heavy atom. The van der Waals surface area contributed by atoms with Gasteiger partial charge in [0.2, 0.25) is 11.7 Å². The zero-order valence-corrected chi connectivity index (χ0v) is 21.4. The number of rotatable bonds is 7. The van der Waals surface area contributed by atoms with Gasteiger partial charge in [-0.1, -0.05) is 28.9 Å². The maximum absolute atomic E-state index is 6.08. The second kappa shape index (κ2) is 12.7. The van der Waals surface area contributed by atoms with Crippen LogP contribution in [0.1, 0.15) is 38.5 Å². The van der Waals surface area contributed by atoms with Crippen molar-refractivity contribution in [3.8, 4) is 11.4 Å². The summed E-state index contributed by atoms with van der Waals surface area (Å²) >= 11 is 6.05. The molecule has 0 radical (unpaired) electrons. The summed E-state index contributed by atoms with van der Waals surface area (Å²) in [6.45, 7) is 6.58. The summed E-state index contributed by atoms with van der Waals surface area (Å²) in [5.74, 6) is 1.85. The summed E-state index contributed by atoms with van der Waals surface area (Å²) in [6.07, 6.45) is 4.80. The number of guanidine groups is 1. The Balaban J connectivity index is 0.00000289. The first-order chi connectivity index (χ1) is 15.2. The second-order valence-corrected chi connectivity index (χ2v) is 8.28. The normalized spacial score (nSPS) is 19.8. The van der Waals surface area contributed by atoms with Crippen LogP contribution in [-0.4, -0.2) is 66.1 Å². The number of ether oxygens (including phenoxy) is 2. The molecule has 2 saturated heterocycles. The highest BCUT2D eigenvalue weighted by molar-refractivity contribution is 14.0. The first kappa shape index (κ1) is 25.2. The van der Waals surface area contributed by atoms with Crippen molar-refractivity contribution in [1.82, 2.24) is 20.4 Å². The Morgan fingerprint density at radius 3 is 2.88 bits per heavy atom. The second-order valence-electron chi connectivity index (χ2n) is 7.85. The Hall–Kier alpha value is -1.43. The molecule has 0 bridgehead atoms. The maximum atomic E-state index is 6.08. The van der Waals surface area contributed by atoms with Crippen molar-refractivity contribution in [2.45, 2.75) is 51.4 Å². The minimum absolute atomic E-state index is 0. The number of hydrogen-bond donors (Lipinski definition) is 1. The molecule has 0 saturated carbocycles. The molecule has 1 atom stereocenters. The highest BCUT2D eigenvalue weighted by Crippen LogP contribution is 2.21.